The van der Waals surface area contributed by atoms with Crippen molar-refractivity contribution >= 4 is 17.2 Å². The molecule has 8 heteroatoms. The third-order valence-electron chi connectivity index (χ3n) is 21.2. The number of aryl methyl sites for hydroxylation is 2. The lowest BCUT2D eigenvalue weighted by molar-refractivity contribution is 0.00598. The van der Waals surface area contributed by atoms with E-state index in [1.54, 1.807) is 0 Å². The molecule has 4 rings (SSSR count). The number of unbranched alkanes of at least 4 members (excludes halogenated alkanes) is 44. The Bertz CT molecular complexity index is 1750. The van der Waals surface area contributed by atoms with Crippen LogP contribution in [0.2, 0.25) is 0 Å². The summed E-state index contributed by atoms with van der Waals surface area (Å²) in [7, 11) is -2.98. The molecule has 0 saturated heterocycles. The molecule has 0 spiro atoms. The van der Waals surface area contributed by atoms with Crippen LogP contribution in [-0.4, -0.2) is 25.4 Å². The van der Waals surface area contributed by atoms with Crippen molar-refractivity contribution < 1.29 is 27.1 Å². The van der Waals surface area contributed by atoms with Crippen molar-refractivity contribution in [2.45, 2.75) is 426 Å². The fourth-order valence-corrected chi connectivity index (χ4v) is 17.2. The maximum atomic E-state index is 7.00. The van der Waals surface area contributed by atoms with Crippen molar-refractivity contribution in [3.8, 4) is 11.5 Å². The fourth-order valence-electron chi connectivity index (χ4n) is 14.8. The number of benzene rings is 2. The predicted octanol–water partition coefficient (Wildman–Crippen LogP) is 29.7. The van der Waals surface area contributed by atoms with E-state index in [0.29, 0.717) is 25.0 Å². The van der Waals surface area contributed by atoms with E-state index >= 15 is 0 Å². The molecule has 0 aromatic heterocycles. The molecule has 6 nitrogen and oxygen atoms in total. The van der Waals surface area contributed by atoms with E-state index < -0.39 is 17.2 Å². The molecule has 2 fully saturated rings. The monoisotopic (exact) mass is 1310 g/mol. The van der Waals surface area contributed by atoms with Gasteiger partial charge in [0.25, 0.3) is 0 Å². The first-order valence-electron chi connectivity index (χ1n) is 40.6. The molecule has 0 aliphatic heterocycles. The van der Waals surface area contributed by atoms with Crippen molar-refractivity contribution in [1.82, 2.24) is 0 Å². The van der Waals surface area contributed by atoms with Crippen molar-refractivity contribution in [3.63, 3.8) is 0 Å². The minimum atomic E-state index is -1.49. The zero-order valence-corrected chi connectivity index (χ0v) is 63.0. The van der Waals surface area contributed by atoms with E-state index in [1.165, 1.54) is 332 Å². The van der Waals surface area contributed by atoms with Gasteiger partial charge in [0.05, 0.1) is 25.4 Å². The van der Waals surface area contributed by atoms with Gasteiger partial charge in [-0.15, -0.1) is 0 Å². The molecular formula is C83H150O6P2. The second-order valence-electron chi connectivity index (χ2n) is 29.5. The van der Waals surface area contributed by atoms with Crippen LogP contribution in [0, 0.1) is 17.3 Å². The van der Waals surface area contributed by atoms with Crippen molar-refractivity contribution in [2.24, 2.45) is 17.3 Å². The molecule has 2 aromatic carbocycles. The number of rotatable bonds is 64. The lowest BCUT2D eigenvalue weighted by Crippen LogP contribution is -2.39. The molecule has 0 heterocycles. The topological polar surface area (TPSA) is 55.4 Å². The zero-order valence-electron chi connectivity index (χ0n) is 61.2. The van der Waals surface area contributed by atoms with E-state index in [4.69, 9.17) is 27.1 Å². The fraction of sp³-hybridized carbons (Fsp3) is 0.855. The summed E-state index contributed by atoms with van der Waals surface area (Å²) >= 11 is 0. The Morgan fingerprint density at radius 1 is 0.297 bits per heavy atom. The van der Waals surface area contributed by atoms with Crippen LogP contribution in [0.1, 0.15) is 412 Å². The Morgan fingerprint density at radius 3 is 0.791 bits per heavy atom. The van der Waals surface area contributed by atoms with E-state index in [9.17, 15) is 0 Å². The van der Waals surface area contributed by atoms with Gasteiger partial charge in [0.15, 0.2) is 0 Å². The third-order valence-corrected chi connectivity index (χ3v) is 23.6. The van der Waals surface area contributed by atoms with Gasteiger partial charge in [-0.2, -0.15) is 0 Å². The van der Waals surface area contributed by atoms with Gasteiger partial charge in [0.1, 0.15) is 11.5 Å². The minimum absolute atomic E-state index is 0.177. The van der Waals surface area contributed by atoms with Crippen LogP contribution >= 0.6 is 17.2 Å². The third kappa shape index (κ3) is 41.6. The summed E-state index contributed by atoms with van der Waals surface area (Å²) in [4.78, 5) is 0. The molecule has 0 amide bonds. The minimum Gasteiger partial charge on any atom is -0.426 e. The molecule has 91 heavy (non-hydrogen) atoms. The lowest BCUT2D eigenvalue weighted by atomic mass is 9.60. The molecule has 0 N–H and O–H groups in total. The van der Waals surface area contributed by atoms with Crippen molar-refractivity contribution in [3.05, 3.63) is 59.7 Å². The Kier molecular flexibility index (Phi) is 52.2. The summed E-state index contributed by atoms with van der Waals surface area (Å²) in [5, 5.41) is 0. The van der Waals surface area contributed by atoms with Crippen LogP contribution < -0.4 is 9.05 Å². The number of hydrogen-bond acceptors (Lipinski definition) is 6. The largest absolute Gasteiger partial charge is 0.426 e. The summed E-state index contributed by atoms with van der Waals surface area (Å²) < 4.78 is 41.1. The second kappa shape index (κ2) is 57.8. The van der Waals surface area contributed by atoms with E-state index in [-0.39, 0.29) is 17.6 Å². The first-order valence-corrected chi connectivity index (χ1v) is 42.8. The first kappa shape index (κ1) is 82.2. The zero-order chi connectivity index (χ0) is 64.6. The number of para-hydroxylation sites is 2. The van der Waals surface area contributed by atoms with Crippen LogP contribution in [0.3, 0.4) is 0 Å². The van der Waals surface area contributed by atoms with Crippen LogP contribution in [0.4, 0.5) is 0 Å². The summed E-state index contributed by atoms with van der Waals surface area (Å²) in [6, 6.07) is 17.5. The maximum absolute atomic E-state index is 7.00. The standard InChI is InChI=1S/C83H150O6P2/c1-7-11-15-19-23-27-31-35-39-43-47-51-59-75-61-53-55-63-81(75)88-90(84-73-57-49-45-41-37-33-29-25-21-17-13-9-3)86-79-69-65-77(66-70-79)83(5,6)78-67-71-80(72-68-78)87-91(85-74-58-50-46-42-38-34-30-26-22-18-14-10-4)89-82-64-56-54-62-76(82)60-52-48-44-40-36-32-28-24-20-16-12-8-2/h53-56,61-64,77-80H,7-52,57-60,65-74H2,1-6H3. The molecule has 528 valence electrons. The van der Waals surface area contributed by atoms with Crippen molar-refractivity contribution in [1.29, 1.82) is 0 Å². The van der Waals surface area contributed by atoms with Gasteiger partial charge in [-0.3, -0.25) is 9.05 Å². The van der Waals surface area contributed by atoms with Crippen LogP contribution in [0.5, 0.6) is 11.5 Å². The van der Waals surface area contributed by atoms with Gasteiger partial charge in [-0.05, 0) is 130 Å². The Balaban J connectivity index is 1.26. The average molecular weight is 1310 g/mol. The summed E-state index contributed by atoms with van der Waals surface area (Å²) in [5.41, 5.74) is 2.87. The van der Waals surface area contributed by atoms with Crippen LogP contribution in [0.25, 0.3) is 0 Å². The number of hydrogen-bond donors (Lipinski definition) is 0. The highest BCUT2D eigenvalue weighted by atomic mass is 31.2. The van der Waals surface area contributed by atoms with Gasteiger partial charge >= 0.3 is 17.2 Å². The Morgan fingerprint density at radius 2 is 0.527 bits per heavy atom. The van der Waals surface area contributed by atoms with Crippen LogP contribution in [0.15, 0.2) is 48.5 Å². The maximum Gasteiger partial charge on any atom is 0.397 e. The molecular weight excluding hydrogens is 1150 g/mol. The van der Waals surface area contributed by atoms with E-state index in [2.05, 4.69) is 90.1 Å². The molecule has 2 aromatic rings. The predicted molar refractivity (Wildman–Crippen MR) is 399 cm³/mol. The van der Waals surface area contributed by atoms with E-state index in [0.717, 1.165) is 62.9 Å². The first-order chi connectivity index (χ1) is 44.9. The van der Waals surface area contributed by atoms with Gasteiger partial charge in [-0.25, -0.2) is 0 Å². The molecule has 0 bridgehead atoms. The highest BCUT2D eigenvalue weighted by Crippen LogP contribution is 2.53. The summed E-state index contributed by atoms with van der Waals surface area (Å²) in [5.74, 6) is 3.31. The Hall–Kier alpha value is -1.26. The molecule has 2 atom stereocenters. The van der Waals surface area contributed by atoms with Gasteiger partial charge < -0.3 is 18.1 Å². The second-order valence-corrected chi connectivity index (χ2v) is 31.7. The lowest BCUT2D eigenvalue weighted by Gasteiger charge is -2.46. The molecule has 0 radical (unpaired) electrons. The molecule has 2 aliphatic rings. The quantitative estimate of drug-likeness (QED) is 0.0486. The molecule has 2 aliphatic carbocycles. The summed E-state index contributed by atoms with van der Waals surface area (Å²) in [6.45, 7) is 15.8. The van der Waals surface area contributed by atoms with E-state index in [1.807, 2.05) is 0 Å². The van der Waals surface area contributed by atoms with Crippen molar-refractivity contribution in [2.75, 3.05) is 13.2 Å². The van der Waals surface area contributed by atoms with Crippen LogP contribution in [-0.2, 0) is 30.9 Å². The molecule has 2 saturated carbocycles. The van der Waals surface area contributed by atoms with Gasteiger partial charge in [-0.1, -0.05) is 360 Å². The van der Waals surface area contributed by atoms with Gasteiger partial charge in [0, 0.05) is 0 Å². The normalized spacial score (nSPS) is 17.8. The van der Waals surface area contributed by atoms with Gasteiger partial charge in [0.2, 0.25) is 0 Å². The highest BCUT2D eigenvalue weighted by molar-refractivity contribution is 7.42. The SMILES string of the molecule is CCCCCCCCCCCCCCOP(Oc1ccccc1CCCCCCCCCCCCCC)OC1CCC(C(C)(C)C2CCC(OP(OCCCCCCCCCCCCCC)Oc3ccccc3CCCCCCCCCCCCCC)CC2)CC1. The smallest absolute Gasteiger partial charge is 0.397 e. The highest BCUT2D eigenvalue weighted by Gasteiger charge is 2.42. The molecule has 2 unspecified atom stereocenters. The average Bonchev–Trinajstić information content (AvgIpc) is 2.67. The Labute approximate surface area is 569 Å². The summed E-state index contributed by atoms with van der Waals surface area (Å²) in [6.07, 6.45) is 76.7.